The molecule has 1 aromatic carbocycles. The molecule has 1 saturated carbocycles. The Balaban J connectivity index is 1.68. The lowest BCUT2D eigenvalue weighted by atomic mass is 9.92. The highest BCUT2D eigenvalue weighted by atomic mass is 79.9. The Morgan fingerprint density at radius 3 is 2.64 bits per heavy atom. The van der Waals surface area contributed by atoms with Gasteiger partial charge in [-0.15, -0.1) is 0 Å². The van der Waals surface area contributed by atoms with Gasteiger partial charge in [-0.05, 0) is 49.5 Å². The summed E-state index contributed by atoms with van der Waals surface area (Å²) in [7, 11) is 0. The molecule has 0 radical (unpaired) electrons. The van der Waals surface area contributed by atoms with Gasteiger partial charge in [0.25, 0.3) is 5.91 Å². The van der Waals surface area contributed by atoms with Crippen molar-refractivity contribution in [3.05, 3.63) is 46.1 Å². The maximum atomic E-state index is 12.8. The summed E-state index contributed by atoms with van der Waals surface area (Å²) in [5.41, 5.74) is 1.14. The zero-order valence-electron chi connectivity index (χ0n) is 16.2. The second-order valence-electron chi connectivity index (χ2n) is 7.58. The molecule has 1 aromatic rings. The summed E-state index contributed by atoms with van der Waals surface area (Å²) in [5, 5.41) is 12.1. The topological polar surface area (TPSA) is 67.8 Å². The van der Waals surface area contributed by atoms with Gasteiger partial charge in [0.05, 0.1) is 6.61 Å². The molecule has 1 amide bonds. The fourth-order valence-electron chi connectivity index (χ4n) is 3.79. The Morgan fingerprint density at radius 1 is 1.18 bits per heavy atom. The third-order valence-electron chi connectivity index (χ3n) is 5.38. The molecule has 28 heavy (non-hydrogen) atoms. The Hall–Kier alpha value is -1.37. The maximum Gasteiger partial charge on any atom is 0.286 e. The Labute approximate surface area is 175 Å². The van der Waals surface area contributed by atoms with Gasteiger partial charge in [0, 0.05) is 29.5 Å². The lowest BCUT2D eigenvalue weighted by Crippen LogP contribution is -2.39. The number of hydrogen-bond acceptors (Lipinski definition) is 4. The van der Waals surface area contributed by atoms with Gasteiger partial charge in [0.1, 0.15) is 0 Å². The van der Waals surface area contributed by atoms with Gasteiger partial charge in [-0.2, -0.15) is 0 Å². The molecule has 0 saturated heterocycles. The van der Waals surface area contributed by atoms with E-state index < -0.39 is 6.29 Å². The van der Waals surface area contributed by atoms with Gasteiger partial charge in [-0.3, -0.25) is 4.79 Å². The first kappa shape index (κ1) is 21.3. The lowest BCUT2D eigenvalue weighted by Gasteiger charge is -2.30. The van der Waals surface area contributed by atoms with Crippen molar-refractivity contribution in [2.45, 2.75) is 69.6 Å². The highest BCUT2D eigenvalue weighted by Gasteiger charge is 2.29. The number of ether oxygens (including phenoxy) is 2. The number of hydrogen-bond donors (Lipinski definition) is 2. The van der Waals surface area contributed by atoms with Crippen molar-refractivity contribution in [2.75, 3.05) is 13.2 Å². The minimum absolute atomic E-state index is 0.0665. The van der Waals surface area contributed by atoms with Crippen LogP contribution in [0.5, 0.6) is 0 Å². The van der Waals surface area contributed by atoms with Gasteiger partial charge < -0.3 is 19.9 Å². The summed E-state index contributed by atoms with van der Waals surface area (Å²) in [6, 6.07) is 8.39. The van der Waals surface area contributed by atoms with E-state index in [4.69, 9.17) is 14.6 Å². The first-order chi connectivity index (χ1) is 13.7. The van der Waals surface area contributed by atoms with Gasteiger partial charge in [0.15, 0.2) is 5.76 Å². The van der Waals surface area contributed by atoms with E-state index in [0.29, 0.717) is 25.2 Å². The van der Waals surface area contributed by atoms with Crippen molar-refractivity contribution in [3.8, 4) is 0 Å². The van der Waals surface area contributed by atoms with E-state index >= 15 is 0 Å². The molecular formula is C22H30BrNO4. The van der Waals surface area contributed by atoms with Crippen LogP contribution in [-0.2, 0) is 14.3 Å². The summed E-state index contributed by atoms with van der Waals surface area (Å²) in [4.78, 5) is 12.8. The van der Waals surface area contributed by atoms with E-state index in [1.54, 1.807) is 0 Å². The second kappa shape index (κ2) is 11.0. The molecule has 0 unspecified atom stereocenters. The third kappa shape index (κ3) is 6.33. The average molecular weight is 452 g/mol. The molecule has 2 N–H and O–H groups in total. The monoisotopic (exact) mass is 451 g/mol. The Morgan fingerprint density at radius 2 is 1.93 bits per heavy atom. The molecule has 1 aliphatic heterocycles. The summed E-state index contributed by atoms with van der Waals surface area (Å²) in [6.07, 6.45) is 9.28. The van der Waals surface area contributed by atoms with Crippen molar-refractivity contribution in [2.24, 2.45) is 0 Å². The summed E-state index contributed by atoms with van der Waals surface area (Å²) in [5.74, 6) is 0.284. The average Bonchev–Trinajstić information content (AvgIpc) is 2.72. The van der Waals surface area contributed by atoms with Crippen molar-refractivity contribution in [3.63, 3.8) is 0 Å². The smallest absolute Gasteiger partial charge is 0.286 e. The zero-order valence-corrected chi connectivity index (χ0v) is 17.8. The standard InChI is InChI=1S/C22H30BrNO4/c23-18-10-8-16(9-11-18)17-14-20(22(26)24-19-6-2-1-3-7-19)28-21(15-17)27-13-5-4-12-25/h8-11,14,17,19,21,25H,1-7,12-13,15H2,(H,24,26)/t17-,21+/m0/s1. The number of halogens is 1. The highest BCUT2D eigenvalue weighted by molar-refractivity contribution is 9.10. The fourth-order valence-corrected chi connectivity index (χ4v) is 4.06. The van der Waals surface area contributed by atoms with E-state index in [-0.39, 0.29) is 24.5 Å². The van der Waals surface area contributed by atoms with Crippen LogP contribution in [0.4, 0.5) is 0 Å². The molecule has 1 heterocycles. The summed E-state index contributed by atoms with van der Waals surface area (Å²) >= 11 is 3.47. The van der Waals surface area contributed by atoms with E-state index in [2.05, 4.69) is 33.4 Å². The van der Waals surface area contributed by atoms with Crippen molar-refractivity contribution in [1.82, 2.24) is 5.32 Å². The van der Waals surface area contributed by atoms with Crippen molar-refractivity contribution < 1.29 is 19.4 Å². The van der Waals surface area contributed by atoms with Gasteiger partial charge in [0.2, 0.25) is 6.29 Å². The number of unbranched alkanes of at least 4 members (excludes halogenated alkanes) is 1. The Bertz CT molecular complexity index is 655. The van der Waals surface area contributed by atoms with Crippen LogP contribution in [0.15, 0.2) is 40.6 Å². The van der Waals surface area contributed by atoms with Crippen LogP contribution >= 0.6 is 15.9 Å². The predicted molar refractivity (Wildman–Crippen MR) is 112 cm³/mol. The van der Waals surface area contributed by atoms with Gasteiger partial charge in [-0.1, -0.05) is 47.3 Å². The van der Waals surface area contributed by atoms with Crippen LogP contribution in [0, 0.1) is 0 Å². The van der Waals surface area contributed by atoms with Crippen LogP contribution in [0.1, 0.15) is 62.8 Å². The number of rotatable bonds is 8. The van der Waals surface area contributed by atoms with E-state index in [1.165, 1.54) is 19.3 Å². The van der Waals surface area contributed by atoms with E-state index in [1.807, 2.05) is 18.2 Å². The minimum atomic E-state index is -0.454. The molecule has 1 aliphatic carbocycles. The second-order valence-corrected chi connectivity index (χ2v) is 8.50. The maximum absolute atomic E-state index is 12.8. The molecule has 2 aliphatic rings. The molecular weight excluding hydrogens is 422 g/mol. The van der Waals surface area contributed by atoms with E-state index in [0.717, 1.165) is 29.3 Å². The Kier molecular flexibility index (Phi) is 8.37. The molecule has 0 spiro atoms. The SMILES string of the molecule is O=C(NC1CCCCC1)C1=C[C@H](c2ccc(Br)cc2)C[C@H](OCCCCO)O1. The van der Waals surface area contributed by atoms with Crippen LogP contribution in [0.2, 0.25) is 0 Å². The molecule has 6 heteroatoms. The molecule has 2 atom stereocenters. The quantitative estimate of drug-likeness (QED) is 0.574. The number of aliphatic hydroxyl groups is 1. The largest absolute Gasteiger partial charge is 0.459 e. The van der Waals surface area contributed by atoms with Crippen LogP contribution in [-0.4, -0.2) is 36.6 Å². The van der Waals surface area contributed by atoms with Crippen LogP contribution in [0.25, 0.3) is 0 Å². The van der Waals surface area contributed by atoms with Gasteiger partial charge in [-0.25, -0.2) is 0 Å². The van der Waals surface area contributed by atoms with Crippen molar-refractivity contribution >= 4 is 21.8 Å². The molecule has 1 fully saturated rings. The number of amides is 1. The summed E-state index contributed by atoms with van der Waals surface area (Å²) in [6.45, 7) is 0.668. The minimum Gasteiger partial charge on any atom is -0.459 e. The number of aliphatic hydroxyl groups excluding tert-OH is 1. The number of carbonyl (C=O) groups excluding carboxylic acids is 1. The molecule has 3 rings (SSSR count). The van der Waals surface area contributed by atoms with E-state index in [9.17, 15) is 4.79 Å². The highest BCUT2D eigenvalue weighted by Crippen LogP contribution is 2.32. The van der Waals surface area contributed by atoms with Crippen LogP contribution in [0.3, 0.4) is 0 Å². The van der Waals surface area contributed by atoms with Crippen molar-refractivity contribution in [1.29, 1.82) is 0 Å². The number of benzene rings is 1. The molecule has 5 nitrogen and oxygen atoms in total. The zero-order chi connectivity index (χ0) is 19.8. The fraction of sp³-hybridized carbons (Fsp3) is 0.591. The third-order valence-corrected chi connectivity index (χ3v) is 5.90. The molecule has 0 aromatic heterocycles. The first-order valence-corrected chi connectivity index (χ1v) is 11.1. The normalized spacial score (nSPS) is 23.0. The lowest BCUT2D eigenvalue weighted by molar-refractivity contribution is -0.147. The molecule has 0 bridgehead atoms. The predicted octanol–water partition coefficient (Wildman–Crippen LogP) is 4.40. The van der Waals surface area contributed by atoms with Crippen LogP contribution < -0.4 is 5.32 Å². The number of nitrogens with one attached hydrogen (secondary N) is 1. The first-order valence-electron chi connectivity index (χ1n) is 10.3. The van der Waals surface area contributed by atoms with Gasteiger partial charge >= 0.3 is 0 Å². The number of carbonyl (C=O) groups is 1. The number of allylic oxidation sites excluding steroid dienone is 1. The summed E-state index contributed by atoms with van der Waals surface area (Å²) < 4.78 is 12.8. The molecule has 154 valence electrons.